The topological polar surface area (TPSA) is 26.3 Å². The highest BCUT2D eigenvalue weighted by Gasteiger charge is 2.44. The Bertz CT molecular complexity index is 494. The number of hydrogen-bond acceptors (Lipinski definition) is 2. The summed E-state index contributed by atoms with van der Waals surface area (Å²) in [6.45, 7) is 11.8. The van der Waals surface area contributed by atoms with Gasteiger partial charge >= 0.3 is 5.97 Å². The van der Waals surface area contributed by atoms with Gasteiger partial charge in [-0.1, -0.05) is 43.2 Å². The maximum atomic E-state index is 12.9. The summed E-state index contributed by atoms with van der Waals surface area (Å²) >= 11 is 0. The average molecular weight is 333 g/mol. The SMILES string of the molecule is CC[N+](CC)(CC)CCCOC(=O)C1(c2ccccc2)CCCC1. The van der Waals surface area contributed by atoms with Gasteiger partial charge in [0, 0.05) is 6.42 Å². The molecule has 0 atom stereocenters. The minimum absolute atomic E-state index is 0.00574. The number of hydrogen-bond donors (Lipinski definition) is 0. The van der Waals surface area contributed by atoms with Crippen molar-refractivity contribution in [3.8, 4) is 0 Å². The predicted molar refractivity (Wildman–Crippen MR) is 98.9 cm³/mol. The summed E-state index contributed by atoms with van der Waals surface area (Å²) in [6, 6.07) is 10.2. The second-order valence-electron chi connectivity index (χ2n) is 7.16. The molecule has 0 radical (unpaired) electrons. The van der Waals surface area contributed by atoms with E-state index in [0.717, 1.165) is 68.3 Å². The van der Waals surface area contributed by atoms with Crippen molar-refractivity contribution in [2.24, 2.45) is 0 Å². The van der Waals surface area contributed by atoms with Crippen molar-refractivity contribution < 1.29 is 14.0 Å². The molecule has 0 heterocycles. The first kappa shape index (κ1) is 19.0. The fourth-order valence-corrected chi connectivity index (χ4v) is 4.19. The molecule has 0 amide bonds. The van der Waals surface area contributed by atoms with Crippen LogP contribution < -0.4 is 0 Å². The molecule has 1 aromatic carbocycles. The summed E-state index contributed by atoms with van der Waals surface area (Å²) in [6.07, 6.45) is 5.03. The van der Waals surface area contributed by atoms with Gasteiger partial charge in [-0.2, -0.15) is 0 Å². The summed E-state index contributed by atoms with van der Waals surface area (Å²) in [4.78, 5) is 12.9. The maximum Gasteiger partial charge on any atom is 0.316 e. The van der Waals surface area contributed by atoms with Crippen molar-refractivity contribution in [2.45, 2.75) is 58.3 Å². The molecule has 1 aliphatic rings. The number of quaternary nitrogens is 1. The quantitative estimate of drug-likeness (QED) is 0.383. The van der Waals surface area contributed by atoms with Gasteiger partial charge in [-0.15, -0.1) is 0 Å². The largest absolute Gasteiger partial charge is 0.465 e. The van der Waals surface area contributed by atoms with Gasteiger partial charge in [-0.05, 0) is 39.2 Å². The van der Waals surface area contributed by atoms with Gasteiger partial charge < -0.3 is 9.22 Å². The van der Waals surface area contributed by atoms with E-state index >= 15 is 0 Å². The molecule has 0 unspecified atom stereocenters. The minimum atomic E-state index is -0.395. The van der Waals surface area contributed by atoms with Crippen LogP contribution in [0.5, 0.6) is 0 Å². The van der Waals surface area contributed by atoms with Crippen LogP contribution in [-0.2, 0) is 14.9 Å². The van der Waals surface area contributed by atoms with Gasteiger partial charge in [-0.25, -0.2) is 0 Å². The van der Waals surface area contributed by atoms with Crippen LogP contribution in [0, 0.1) is 0 Å². The van der Waals surface area contributed by atoms with E-state index < -0.39 is 5.41 Å². The monoisotopic (exact) mass is 332 g/mol. The van der Waals surface area contributed by atoms with Gasteiger partial charge in [0.05, 0.1) is 38.2 Å². The number of rotatable bonds is 9. The van der Waals surface area contributed by atoms with Crippen LogP contribution in [0.25, 0.3) is 0 Å². The van der Waals surface area contributed by atoms with Crippen LogP contribution in [0.2, 0.25) is 0 Å². The highest BCUT2D eigenvalue weighted by molar-refractivity contribution is 5.83. The second-order valence-corrected chi connectivity index (χ2v) is 7.16. The van der Waals surface area contributed by atoms with Crippen molar-refractivity contribution in [3.05, 3.63) is 35.9 Å². The van der Waals surface area contributed by atoms with Crippen LogP contribution in [-0.4, -0.2) is 43.2 Å². The van der Waals surface area contributed by atoms with Gasteiger partial charge in [0.2, 0.25) is 0 Å². The van der Waals surface area contributed by atoms with E-state index in [9.17, 15) is 4.79 Å². The Morgan fingerprint density at radius 1 is 1.04 bits per heavy atom. The number of benzene rings is 1. The maximum absolute atomic E-state index is 12.9. The average Bonchev–Trinajstić information content (AvgIpc) is 3.14. The number of ether oxygens (including phenoxy) is 1. The van der Waals surface area contributed by atoms with Crippen molar-refractivity contribution in [3.63, 3.8) is 0 Å². The Hall–Kier alpha value is -1.35. The highest BCUT2D eigenvalue weighted by Crippen LogP contribution is 2.42. The Balaban J connectivity index is 1.93. The van der Waals surface area contributed by atoms with Crippen LogP contribution in [0.1, 0.15) is 58.4 Å². The fraction of sp³-hybridized carbons (Fsp3) is 0.667. The number of esters is 1. The van der Waals surface area contributed by atoms with Gasteiger partial charge in [0.15, 0.2) is 0 Å². The van der Waals surface area contributed by atoms with Crippen molar-refractivity contribution in [1.82, 2.24) is 0 Å². The van der Waals surface area contributed by atoms with Gasteiger partial charge in [0.25, 0.3) is 0 Å². The van der Waals surface area contributed by atoms with Crippen LogP contribution in [0.15, 0.2) is 30.3 Å². The molecule has 0 spiro atoms. The van der Waals surface area contributed by atoms with Crippen molar-refractivity contribution in [1.29, 1.82) is 0 Å². The summed E-state index contributed by atoms with van der Waals surface area (Å²) in [5.74, 6) is -0.00574. The number of carbonyl (C=O) groups excluding carboxylic acids is 1. The number of nitrogens with zero attached hydrogens (tertiary/aromatic N) is 1. The minimum Gasteiger partial charge on any atom is -0.465 e. The predicted octanol–water partition coefficient (Wildman–Crippen LogP) is 4.31. The zero-order chi connectivity index (χ0) is 17.5. The Morgan fingerprint density at radius 2 is 1.62 bits per heavy atom. The van der Waals surface area contributed by atoms with Crippen molar-refractivity contribution >= 4 is 5.97 Å². The molecule has 0 bridgehead atoms. The molecule has 1 saturated carbocycles. The lowest BCUT2D eigenvalue weighted by atomic mass is 9.79. The molecule has 0 N–H and O–H groups in total. The smallest absolute Gasteiger partial charge is 0.316 e. The normalized spacial score (nSPS) is 17.0. The molecule has 0 aromatic heterocycles. The van der Waals surface area contributed by atoms with Crippen LogP contribution in [0.4, 0.5) is 0 Å². The van der Waals surface area contributed by atoms with E-state index in [0.29, 0.717) is 6.61 Å². The van der Waals surface area contributed by atoms with Gasteiger partial charge in [-0.3, -0.25) is 4.79 Å². The third-order valence-corrected chi connectivity index (χ3v) is 6.20. The van der Waals surface area contributed by atoms with Crippen LogP contribution in [0.3, 0.4) is 0 Å². The first-order valence-corrected chi connectivity index (χ1v) is 9.70. The summed E-state index contributed by atoms with van der Waals surface area (Å²) < 4.78 is 6.88. The Morgan fingerprint density at radius 3 is 2.17 bits per heavy atom. The van der Waals surface area contributed by atoms with E-state index in [1.54, 1.807) is 0 Å². The zero-order valence-corrected chi connectivity index (χ0v) is 15.7. The molecule has 3 nitrogen and oxygen atoms in total. The molecule has 2 rings (SSSR count). The van der Waals surface area contributed by atoms with E-state index in [2.05, 4.69) is 32.9 Å². The first-order valence-electron chi connectivity index (χ1n) is 9.70. The first-order chi connectivity index (χ1) is 11.6. The fourth-order valence-electron chi connectivity index (χ4n) is 4.19. The molecule has 0 saturated heterocycles. The van der Waals surface area contributed by atoms with Crippen LogP contribution >= 0.6 is 0 Å². The second kappa shape index (κ2) is 8.66. The molecule has 3 heteroatoms. The molecule has 0 aliphatic heterocycles. The van der Waals surface area contributed by atoms with Gasteiger partial charge in [0.1, 0.15) is 0 Å². The van der Waals surface area contributed by atoms with E-state index in [4.69, 9.17) is 4.74 Å². The lowest BCUT2D eigenvalue weighted by molar-refractivity contribution is -0.923. The van der Waals surface area contributed by atoms with E-state index in [1.165, 1.54) is 0 Å². The lowest BCUT2D eigenvalue weighted by Crippen LogP contribution is -2.48. The third kappa shape index (κ3) is 4.00. The standard InChI is InChI=1S/C21H34NO2/c1-4-22(5-2,6-3)17-12-18-24-20(23)21(15-10-11-16-21)19-13-8-7-9-14-19/h7-9,13-14H,4-6,10-12,15-18H2,1-3H3/q+1. The third-order valence-electron chi connectivity index (χ3n) is 6.20. The van der Waals surface area contributed by atoms with E-state index in [-0.39, 0.29) is 5.97 Å². The molecular weight excluding hydrogens is 298 g/mol. The van der Waals surface area contributed by atoms with E-state index in [1.807, 2.05) is 18.2 Å². The summed E-state index contributed by atoms with van der Waals surface area (Å²) in [5, 5.41) is 0. The number of carbonyl (C=O) groups is 1. The summed E-state index contributed by atoms with van der Waals surface area (Å²) in [7, 11) is 0. The highest BCUT2D eigenvalue weighted by atomic mass is 16.5. The molecule has 24 heavy (non-hydrogen) atoms. The molecule has 1 aromatic rings. The molecular formula is C21H34NO2+. The molecule has 134 valence electrons. The summed E-state index contributed by atoms with van der Waals surface area (Å²) in [5.41, 5.74) is 0.737. The zero-order valence-electron chi connectivity index (χ0n) is 15.7. The Labute approximate surface area is 147 Å². The Kier molecular flexibility index (Phi) is 6.85. The lowest BCUT2D eigenvalue weighted by Gasteiger charge is -2.36. The van der Waals surface area contributed by atoms with Crippen molar-refractivity contribution in [2.75, 3.05) is 32.8 Å². The molecule has 1 fully saturated rings. The molecule has 1 aliphatic carbocycles.